The number of amides is 1. The van der Waals surface area contributed by atoms with Gasteiger partial charge in [0.1, 0.15) is 5.82 Å². The van der Waals surface area contributed by atoms with E-state index in [1.807, 2.05) is 18.2 Å². The molecule has 1 atom stereocenters. The molecule has 2 aromatic rings. The molecule has 4 nitrogen and oxygen atoms in total. The first-order chi connectivity index (χ1) is 14.0. The molecule has 29 heavy (non-hydrogen) atoms. The molecular weight excluding hydrogens is 369 g/mol. The van der Waals surface area contributed by atoms with Crippen molar-refractivity contribution < 1.29 is 18.7 Å². The third-order valence-corrected chi connectivity index (χ3v) is 6.31. The molecule has 0 bridgehead atoms. The summed E-state index contributed by atoms with van der Waals surface area (Å²) in [5, 5.41) is 0. The predicted octanol–water partition coefficient (Wildman–Crippen LogP) is 4.15. The fraction of sp³-hybridized carbons (Fsp3) is 0.417. The van der Waals surface area contributed by atoms with Crippen LogP contribution in [0.25, 0.3) is 0 Å². The van der Waals surface area contributed by atoms with Crippen molar-refractivity contribution in [3.8, 4) is 0 Å². The monoisotopic (exact) mass is 395 g/mol. The standard InChI is InChI=1S/C24H26FNO3/c1-17(22(27)26-15-12-18-8-2-3-9-19(18)16-26)29-23(28)24(13-6-7-14-24)20-10-4-5-11-21(20)25/h2-5,8-11,17H,6-7,12-16H2,1H3/t17-/m0/s1. The molecule has 152 valence electrons. The zero-order chi connectivity index (χ0) is 20.4. The van der Waals surface area contributed by atoms with Crippen molar-refractivity contribution >= 4 is 11.9 Å². The van der Waals surface area contributed by atoms with Gasteiger partial charge in [-0.25, -0.2) is 4.39 Å². The molecule has 4 rings (SSSR count). The van der Waals surface area contributed by atoms with Crippen molar-refractivity contribution in [2.24, 2.45) is 0 Å². The van der Waals surface area contributed by atoms with Crippen LogP contribution < -0.4 is 0 Å². The van der Waals surface area contributed by atoms with Crippen LogP contribution in [0.2, 0.25) is 0 Å². The van der Waals surface area contributed by atoms with E-state index in [0.29, 0.717) is 31.5 Å². The summed E-state index contributed by atoms with van der Waals surface area (Å²) in [6.45, 7) is 2.75. The lowest BCUT2D eigenvalue weighted by atomic mass is 9.78. The van der Waals surface area contributed by atoms with Gasteiger partial charge >= 0.3 is 5.97 Å². The van der Waals surface area contributed by atoms with Crippen molar-refractivity contribution in [2.45, 2.75) is 57.1 Å². The molecule has 0 spiro atoms. The summed E-state index contributed by atoms with van der Waals surface area (Å²) in [5.41, 5.74) is 1.78. The number of carbonyl (C=O) groups excluding carboxylic acids is 2. The lowest BCUT2D eigenvalue weighted by Crippen LogP contribution is -2.45. The Morgan fingerprint density at radius 1 is 1.03 bits per heavy atom. The normalized spacial score (nSPS) is 18.8. The molecule has 1 heterocycles. The van der Waals surface area contributed by atoms with E-state index in [-0.39, 0.29) is 5.91 Å². The highest BCUT2D eigenvalue weighted by atomic mass is 19.1. The minimum atomic E-state index is -0.992. The number of esters is 1. The van der Waals surface area contributed by atoms with E-state index in [1.54, 1.807) is 30.0 Å². The van der Waals surface area contributed by atoms with Gasteiger partial charge in [-0.15, -0.1) is 0 Å². The minimum Gasteiger partial charge on any atom is -0.452 e. The molecule has 1 aliphatic carbocycles. The Hall–Kier alpha value is -2.69. The van der Waals surface area contributed by atoms with Gasteiger partial charge in [0, 0.05) is 18.7 Å². The predicted molar refractivity (Wildman–Crippen MR) is 108 cm³/mol. The maximum absolute atomic E-state index is 14.5. The Balaban J connectivity index is 1.49. The first-order valence-electron chi connectivity index (χ1n) is 10.3. The van der Waals surface area contributed by atoms with Crippen LogP contribution in [0.5, 0.6) is 0 Å². The van der Waals surface area contributed by atoms with Crippen LogP contribution in [-0.4, -0.2) is 29.4 Å². The molecule has 0 radical (unpaired) electrons. The smallest absolute Gasteiger partial charge is 0.317 e. The molecule has 1 amide bonds. The third-order valence-electron chi connectivity index (χ3n) is 6.31. The summed E-state index contributed by atoms with van der Waals surface area (Å²) in [7, 11) is 0. The lowest BCUT2D eigenvalue weighted by molar-refractivity contribution is -0.164. The molecule has 2 aromatic carbocycles. The number of rotatable bonds is 4. The Kier molecular flexibility index (Phi) is 5.39. The van der Waals surface area contributed by atoms with Crippen molar-refractivity contribution in [3.63, 3.8) is 0 Å². The van der Waals surface area contributed by atoms with E-state index >= 15 is 0 Å². The fourth-order valence-electron chi connectivity index (χ4n) is 4.68. The third kappa shape index (κ3) is 3.66. The molecule has 0 aromatic heterocycles. The highest BCUT2D eigenvalue weighted by Crippen LogP contribution is 2.43. The van der Waals surface area contributed by atoms with Gasteiger partial charge in [-0.3, -0.25) is 9.59 Å². The summed E-state index contributed by atoms with van der Waals surface area (Å²) in [4.78, 5) is 27.8. The summed E-state index contributed by atoms with van der Waals surface area (Å²) >= 11 is 0. The fourth-order valence-corrected chi connectivity index (χ4v) is 4.68. The highest BCUT2D eigenvalue weighted by molar-refractivity contribution is 5.88. The van der Waals surface area contributed by atoms with Crippen LogP contribution in [0.15, 0.2) is 48.5 Å². The maximum atomic E-state index is 14.5. The van der Waals surface area contributed by atoms with Gasteiger partial charge in [0.25, 0.3) is 5.91 Å². The van der Waals surface area contributed by atoms with Crippen LogP contribution in [0.1, 0.15) is 49.3 Å². The summed E-state index contributed by atoms with van der Waals surface area (Å²) in [6, 6.07) is 14.5. The first kappa shape index (κ1) is 19.6. The van der Waals surface area contributed by atoms with E-state index in [1.165, 1.54) is 11.6 Å². The van der Waals surface area contributed by atoms with Crippen LogP contribution in [-0.2, 0) is 32.7 Å². The summed E-state index contributed by atoms with van der Waals surface area (Å²) in [6.07, 6.45) is 2.68. The zero-order valence-corrected chi connectivity index (χ0v) is 16.7. The van der Waals surface area contributed by atoms with Gasteiger partial charge in [-0.2, -0.15) is 0 Å². The lowest BCUT2D eigenvalue weighted by Gasteiger charge is -2.33. The molecule has 1 saturated carbocycles. The Morgan fingerprint density at radius 2 is 1.69 bits per heavy atom. The largest absolute Gasteiger partial charge is 0.452 e. The van der Waals surface area contributed by atoms with E-state index in [2.05, 4.69) is 6.07 Å². The second kappa shape index (κ2) is 7.97. The second-order valence-corrected chi connectivity index (χ2v) is 8.10. The van der Waals surface area contributed by atoms with Crippen molar-refractivity contribution in [3.05, 3.63) is 71.0 Å². The Morgan fingerprint density at radius 3 is 2.41 bits per heavy atom. The Bertz CT molecular complexity index is 920. The molecule has 1 aliphatic heterocycles. The van der Waals surface area contributed by atoms with Gasteiger partial charge in [0.05, 0.1) is 5.41 Å². The van der Waals surface area contributed by atoms with Crippen LogP contribution >= 0.6 is 0 Å². The number of ether oxygens (including phenoxy) is 1. The van der Waals surface area contributed by atoms with Crippen LogP contribution in [0.3, 0.4) is 0 Å². The summed E-state index contributed by atoms with van der Waals surface area (Å²) < 4.78 is 20.1. The second-order valence-electron chi connectivity index (χ2n) is 8.10. The van der Waals surface area contributed by atoms with Gasteiger partial charge in [0.2, 0.25) is 0 Å². The highest BCUT2D eigenvalue weighted by Gasteiger charge is 2.47. The van der Waals surface area contributed by atoms with Crippen LogP contribution in [0, 0.1) is 5.82 Å². The van der Waals surface area contributed by atoms with Crippen molar-refractivity contribution in [1.82, 2.24) is 4.90 Å². The van der Waals surface area contributed by atoms with Gasteiger partial charge in [-0.05, 0) is 43.4 Å². The average molecular weight is 395 g/mol. The number of hydrogen-bond donors (Lipinski definition) is 0. The molecule has 2 aliphatic rings. The molecule has 0 saturated heterocycles. The minimum absolute atomic E-state index is 0.200. The Labute approximate surface area is 170 Å². The van der Waals surface area contributed by atoms with Crippen molar-refractivity contribution in [1.29, 1.82) is 0 Å². The van der Waals surface area contributed by atoms with Gasteiger partial charge < -0.3 is 9.64 Å². The van der Waals surface area contributed by atoms with Gasteiger partial charge in [0.15, 0.2) is 6.10 Å². The number of benzene rings is 2. The van der Waals surface area contributed by atoms with Gasteiger partial charge in [-0.1, -0.05) is 55.3 Å². The van der Waals surface area contributed by atoms with E-state index < -0.39 is 23.3 Å². The summed E-state index contributed by atoms with van der Waals surface area (Å²) in [5.74, 6) is -1.08. The zero-order valence-electron chi connectivity index (χ0n) is 16.7. The quantitative estimate of drug-likeness (QED) is 0.731. The van der Waals surface area contributed by atoms with E-state index in [4.69, 9.17) is 4.74 Å². The topological polar surface area (TPSA) is 46.6 Å². The SMILES string of the molecule is C[C@H](OC(=O)C1(c2ccccc2F)CCCC1)C(=O)N1CCc2ccccc2C1. The molecule has 1 fully saturated rings. The average Bonchev–Trinajstić information content (AvgIpc) is 3.24. The molecular formula is C24H26FNO3. The number of hydrogen-bond acceptors (Lipinski definition) is 3. The van der Waals surface area contributed by atoms with E-state index in [0.717, 1.165) is 24.8 Å². The molecule has 0 unspecified atom stereocenters. The maximum Gasteiger partial charge on any atom is 0.317 e. The number of halogens is 1. The molecule has 0 N–H and O–H groups in total. The first-order valence-corrected chi connectivity index (χ1v) is 10.3. The number of carbonyl (C=O) groups is 2. The van der Waals surface area contributed by atoms with Crippen molar-refractivity contribution in [2.75, 3.05) is 6.54 Å². The van der Waals surface area contributed by atoms with Crippen LogP contribution in [0.4, 0.5) is 4.39 Å². The van der Waals surface area contributed by atoms with E-state index in [9.17, 15) is 14.0 Å². The molecule has 5 heteroatoms. The number of nitrogens with zero attached hydrogens (tertiary/aromatic N) is 1. The number of fused-ring (bicyclic) bond motifs is 1.